The van der Waals surface area contributed by atoms with Gasteiger partial charge in [0.25, 0.3) is 0 Å². The van der Waals surface area contributed by atoms with Crippen molar-refractivity contribution in [3.05, 3.63) is 87.3 Å². The summed E-state index contributed by atoms with van der Waals surface area (Å²) in [6.45, 7) is 12.1. The number of nitrogens with one attached hydrogen (secondary N) is 1. The maximum atomic E-state index is 14.6. The van der Waals surface area contributed by atoms with Gasteiger partial charge in [-0.15, -0.1) is 0 Å². The van der Waals surface area contributed by atoms with Gasteiger partial charge < -0.3 is 24.7 Å². The highest BCUT2D eigenvalue weighted by Crippen LogP contribution is 2.37. The number of benzene rings is 3. The van der Waals surface area contributed by atoms with Crippen molar-refractivity contribution < 1.29 is 18.9 Å². The standard InChI is InChI=1S/C32H36BFN2O4/c1-19-16-24(30-25(17-19)29(37)20(2)31(40-30)36-14-12-32(4,5)13-15-36)21(3)35-28-9-7-6-8-23(28)22-10-11-26(33(38)39)27(34)18-22/h6-11,16-18,21,35,38-39H,12-15H2,1-5H3/t21-/m1/s1. The molecule has 3 N–H and O–H groups in total. The Bertz CT molecular complexity index is 1620. The van der Waals surface area contributed by atoms with Gasteiger partial charge in [-0.2, -0.15) is 0 Å². The maximum Gasteiger partial charge on any atom is 0.491 e. The van der Waals surface area contributed by atoms with Gasteiger partial charge in [-0.05, 0) is 68.4 Å². The first-order valence-electron chi connectivity index (χ1n) is 13.8. The topological polar surface area (TPSA) is 85.9 Å². The lowest BCUT2D eigenvalue weighted by Crippen LogP contribution is -2.38. The summed E-state index contributed by atoms with van der Waals surface area (Å²) < 4.78 is 21.2. The normalized spacial score (nSPS) is 15.8. The van der Waals surface area contributed by atoms with Crippen LogP contribution >= 0.6 is 0 Å². The number of rotatable bonds is 6. The number of halogens is 1. The molecule has 0 amide bonds. The Kier molecular flexibility index (Phi) is 7.51. The molecule has 1 aliphatic heterocycles. The van der Waals surface area contributed by atoms with Crippen LogP contribution in [-0.4, -0.2) is 30.3 Å². The molecule has 1 aliphatic rings. The number of hydrogen-bond acceptors (Lipinski definition) is 6. The monoisotopic (exact) mass is 542 g/mol. The summed E-state index contributed by atoms with van der Waals surface area (Å²) in [6, 6.07) is 15.6. The molecule has 8 heteroatoms. The van der Waals surface area contributed by atoms with E-state index in [0.29, 0.717) is 28.0 Å². The highest BCUT2D eigenvalue weighted by Gasteiger charge is 2.29. The molecule has 5 rings (SSSR count). The third-order valence-corrected chi connectivity index (χ3v) is 8.13. The average Bonchev–Trinajstić information content (AvgIpc) is 2.91. The van der Waals surface area contributed by atoms with Crippen molar-refractivity contribution in [1.29, 1.82) is 0 Å². The molecular formula is C32H36BFN2O4. The molecule has 208 valence electrons. The van der Waals surface area contributed by atoms with E-state index >= 15 is 0 Å². The summed E-state index contributed by atoms with van der Waals surface area (Å²) in [4.78, 5) is 15.8. The van der Waals surface area contributed by atoms with Crippen molar-refractivity contribution in [3.8, 4) is 11.1 Å². The van der Waals surface area contributed by atoms with E-state index in [1.54, 1.807) is 6.07 Å². The molecule has 2 heterocycles. The van der Waals surface area contributed by atoms with Crippen molar-refractivity contribution in [2.75, 3.05) is 23.3 Å². The van der Waals surface area contributed by atoms with Crippen molar-refractivity contribution in [2.45, 2.75) is 53.5 Å². The van der Waals surface area contributed by atoms with Gasteiger partial charge in [0.2, 0.25) is 5.88 Å². The summed E-state index contributed by atoms with van der Waals surface area (Å²) in [6.07, 6.45) is 2.06. The van der Waals surface area contributed by atoms with E-state index in [-0.39, 0.29) is 22.3 Å². The maximum absolute atomic E-state index is 14.6. The molecule has 1 saturated heterocycles. The third kappa shape index (κ3) is 5.38. The Morgan fingerprint density at radius 1 is 1.05 bits per heavy atom. The average molecular weight is 542 g/mol. The molecule has 0 aliphatic carbocycles. The van der Waals surface area contributed by atoms with Crippen LogP contribution in [0.2, 0.25) is 0 Å². The molecule has 1 aromatic heterocycles. The van der Waals surface area contributed by atoms with E-state index in [2.05, 4.69) is 24.1 Å². The van der Waals surface area contributed by atoms with Gasteiger partial charge in [0, 0.05) is 35.4 Å². The summed E-state index contributed by atoms with van der Waals surface area (Å²) in [7, 11) is -1.88. The van der Waals surface area contributed by atoms with Gasteiger partial charge in [0.1, 0.15) is 11.4 Å². The second-order valence-electron chi connectivity index (χ2n) is 11.8. The van der Waals surface area contributed by atoms with Crippen LogP contribution in [0, 0.1) is 25.1 Å². The van der Waals surface area contributed by atoms with E-state index in [4.69, 9.17) is 4.42 Å². The van der Waals surface area contributed by atoms with Crippen molar-refractivity contribution in [3.63, 3.8) is 0 Å². The smallest absolute Gasteiger partial charge is 0.440 e. The lowest BCUT2D eigenvalue weighted by Gasteiger charge is -2.37. The van der Waals surface area contributed by atoms with Gasteiger partial charge in [-0.3, -0.25) is 4.79 Å². The molecule has 40 heavy (non-hydrogen) atoms. The fourth-order valence-corrected chi connectivity index (χ4v) is 5.57. The molecule has 0 saturated carbocycles. The highest BCUT2D eigenvalue weighted by molar-refractivity contribution is 6.58. The van der Waals surface area contributed by atoms with Crippen LogP contribution in [0.1, 0.15) is 56.3 Å². The largest absolute Gasteiger partial charge is 0.491 e. The number of piperidine rings is 1. The quantitative estimate of drug-likeness (QED) is 0.271. The molecule has 0 spiro atoms. The SMILES string of the molecule is Cc1cc([C@@H](C)Nc2ccccc2-c2ccc(B(O)O)c(F)c2)c2oc(N3CCC(C)(C)CC3)c(C)c(=O)c2c1. The van der Waals surface area contributed by atoms with Gasteiger partial charge in [0.15, 0.2) is 5.43 Å². The number of anilines is 2. The summed E-state index contributed by atoms with van der Waals surface area (Å²) in [5.41, 5.74) is 5.26. The Balaban J connectivity index is 1.54. The summed E-state index contributed by atoms with van der Waals surface area (Å²) in [5, 5.41) is 22.9. The Labute approximate surface area is 234 Å². The molecule has 3 aromatic carbocycles. The first-order valence-corrected chi connectivity index (χ1v) is 13.8. The molecular weight excluding hydrogens is 506 g/mol. The Hall–Kier alpha value is -3.62. The highest BCUT2D eigenvalue weighted by atomic mass is 19.1. The van der Waals surface area contributed by atoms with Crippen molar-refractivity contribution in [2.24, 2.45) is 5.41 Å². The van der Waals surface area contributed by atoms with Crippen LogP contribution in [0.5, 0.6) is 0 Å². The molecule has 4 aromatic rings. The number of fused-ring (bicyclic) bond motifs is 1. The lowest BCUT2D eigenvalue weighted by atomic mass is 9.79. The van der Waals surface area contributed by atoms with Crippen LogP contribution in [0.4, 0.5) is 16.0 Å². The first kappa shape index (κ1) is 27.9. The first-order chi connectivity index (χ1) is 18.9. The summed E-state index contributed by atoms with van der Waals surface area (Å²) >= 11 is 0. The third-order valence-electron chi connectivity index (χ3n) is 8.13. The number of para-hydroxylation sites is 1. The molecule has 0 radical (unpaired) electrons. The number of aryl methyl sites for hydroxylation is 1. The van der Waals surface area contributed by atoms with Crippen molar-refractivity contribution in [1.82, 2.24) is 0 Å². The second-order valence-corrected chi connectivity index (χ2v) is 11.8. The van der Waals surface area contributed by atoms with Gasteiger partial charge in [0.05, 0.1) is 17.0 Å². The zero-order chi connectivity index (χ0) is 28.8. The minimum atomic E-state index is -1.88. The van der Waals surface area contributed by atoms with Crippen LogP contribution in [0.25, 0.3) is 22.1 Å². The Morgan fingerprint density at radius 2 is 1.75 bits per heavy atom. The van der Waals surface area contributed by atoms with E-state index in [0.717, 1.165) is 48.3 Å². The fourth-order valence-electron chi connectivity index (χ4n) is 5.57. The van der Waals surface area contributed by atoms with E-state index in [9.17, 15) is 19.2 Å². The second kappa shape index (κ2) is 10.7. The predicted molar refractivity (Wildman–Crippen MR) is 161 cm³/mol. The van der Waals surface area contributed by atoms with Crippen LogP contribution < -0.4 is 21.1 Å². The van der Waals surface area contributed by atoms with Crippen LogP contribution in [0.3, 0.4) is 0 Å². The molecule has 6 nitrogen and oxygen atoms in total. The minimum absolute atomic E-state index is 0.0136. The number of nitrogens with zero attached hydrogens (tertiary/aromatic N) is 1. The lowest BCUT2D eigenvalue weighted by molar-refractivity contribution is 0.274. The Morgan fingerprint density at radius 3 is 2.42 bits per heavy atom. The summed E-state index contributed by atoms with van der Waals surface area (Å²) in [5.74, 6) is -0.0434. The zero-order valence-electron chi connectivity index (χ0n) is 23.7. The van der Waals surface area contributed by atoms with Gasteiger partial charge in [-0.25, -0.2) is 4.39 Å². The molecule has 0 unspecified atom stereocenters. The van der Waals surface area contributed by atoms with Gasteiger partial charge in [-0.1, -0.05) is 50.2 Å². The molecule has 1 fully saturated rings. The van der Waals surface area contributed by atoms with Crippen LogP contribution in [-0.2, 0) is 0 Å². The van der Waals surface area contributed by atoms with E-state index < -0.39 is 12.9 Å². The van der Waals surface area contributed by atoms with Gasteiger partial charge >= 0.3 is 7.12 Å². The van der Waals surface area contributed by atoms with E-state index in [1.807, 2.05) is 57.2 Å². The number of hydrogen-bond donors (Lipinski definition) is 3. The fraction of sp³-hybridized carbons (Fsp3) is 0.344. The van der Waals surface area contributed by atoms with E-state index in [1.165, 1.54) is 12.1 Å². The minimum Gasteiger partial charge on any atom is -0.440 e. The van der Waals surface area contributed by atoms with Crippen LogP contribution in [0.15, 0.2) is 63.8 Å². The van der Waals surface area contributed by atoms with Crippen molar-refractivity contribution >= 4 is 35.1 Å². The molecule has 0 bridgehead atoms. The molecule has 1 atom stereocenters. The predicted octanol–water partition coefficient (Wildman–Crippen LogP) is 5.70. The zero-order valence-corrected chi connectivity index (χ0v) is 23.7.